The predicted octanol–water partition coefficient (Wildman–Crippen LogP) is 5.45. The Morgan fingerprint density at radius 1 is 0.974 bits per heavy atom. The Hall–Kier alpha value is -3.24. The van der Waals surface area contributed by atoms with Crippen LogP contribution in [-0.4, -0.2) is 69.1 Å². The van der Waals surface area contributed by atoms with Gasteiger partial charge in [-0.1, -0.05) is 29.3 Å². The number of nitrogens with zero attached hydrogens (tertiary/aromatic N) is 3. The highest BCUT2D eigenvalue weighted by molar-refractivity contribution is 7.10. The summed E-state index contributed by atoms with van der Waals surface area (Å²) in [4.78, 5) is 33.7. The Bertz CT molecular complexity index is 1430. The summed E-state index contributed by atoms with van der Waals surface area (Å²) >= 11 is 14.2. The Morgan fingerprint density at radius 2 is 1.62 bits per heavy atom. The lowest BCUT2D eigenvalue weighted by molar-refractivity contribution is -0.132. The van der Waals surface area contributed by atoms with Crippen LogP contribution in [0, 0.1) is 0 Å². The molecule has 1 amide bonds. The Balaban J connectivity index is 1.61. The van der Waals surface area contributed by atoms with Crippen LogP contribution >= 0.6 is 34.5 Å². The molecule has 5 rings (SSSR count). The number of hydrogen-bond acceptors (Lipinski definition) is 8. The van der Waals surface area contributed by atoms with Crippen molar-refractivity contribution < 1.29 is 24.2 Å². The number of ether oxygens (including phenoxy) is 2. The molecule has 0 radical (unpaired) electrons. The van der Waals surface area contributed by atoms with Gasteiger partial charge < -0.3 is 24.4 Å². The second kappa shape index (κ2) is 11.1. The molecule has 1 N–H and O–H groups in total. The van der Waals surface area contributed by atoms with Crippen LogP contribution in [0.5, 0.6) is 11.5 Å². The summed E-state index contributed by atoms with van der Waals surface area (Å²) < 4.78 is 10.7. The van der Waals surface area contributed by atoms with Gasteiger partial charge in [0, 0.05) is 42.4 Å². The molecule has 2 fully saturated rings. The number of hydrogen-bond donors (Lipinski definition) is 1. The van der Waals surface area contributed by atoms with Gasteiger partial charge in [-0.15, -0.1) is 11.3 Å². The van der Waals surface area contributed by atoms with Gasteiger partial charge in [0.05, 0.1) is 30.4 Å². The molecule has 1 atom stereocenters. The summed E-state index contributed by atoms with van der Waals surface area (Å²) in [5, 5.41) is 13.5. The van der Waals surface area contributed by atoms with Crippen LogP contribution in [0.15, 0.2) is 53.4 Å². The molecule has 2 aromatic carbocycles. The zero-order chi connectivity index (χ0) is 27.8. The molecule has 1 unspecified atom stereocenters. The van der Waals surface area contributed by atoms with E-state index in [4.69, 9.17) is 32.7 Å². The number of methoxy groups -OCH3 is 2. The molecular formula is C28H27Cl2N3O5S. The first kappa shape index (κ1) is 27.3. The van der Waals surface area contributed by atoms with Gasteiger partial charge in [0.15, 0.2) is 11.5 Å². The number of rotatable bonds is 6. The first-order chi connectivity index (χ1) is 18.8. The molecular weight excluding hydrogens is 561 g/mol. The van der Waals surface area contributed by atoms with Crippen molar-refractivity contribution in [3.63, 3.8) is 0 Å². The number of amides is 1. The molecule has 204 valence electrons. The van der Waals surface area contributed by atoms with E-state index in [0.29, 0.717) is 10.6 Å². The number of benzene rings is 2. The van der Waals surface area contributed by atoms with Gasteiger partial charge in [0.25, 0.3) is 11.7 Å². The molecule has 1 aromatic heterocycles. The largest absolute Gasteiger partial charge is 0.507 e. The van der Waals surface area contributed by atoms with Crippen molar-refractivity contribution in [1.29, 1.82) is 0 Å². The van der Waals surface area contributed by atoms with Gasteiger partial charge in [-0.2, -0.15) is 0 Å². The molecule has 0 saturated carbocycles. The molecule has 3 aromatic rings. The van der Waals surface area contributed by atoms with Crippen LogP contribution < -0.4 is 19.3 Å². The molecule has 8 nitrogen and oxygen atoms in total. The van der Waals surface area contributed by atoms with E-state index in [1.165, 1.54) is 36.5 Å². The van der Waals surface area contributed by atoms with Gasteiger partial charge in [-0.05, 0) is 48.8 Å². The highest BCUT2D eigenvalue weighted by atomic mass is 35.5. The predicted molar refractivity (Wildman–Crippen MR) is 155 cm³/mol. The van der Waals surface area contributed by atoms with E-state index in [1.54, 1.807) is 0 Å². The van der Waals surface area contributed by atoms with E-state index < -0.39 is 23.5 Å². The topological polar surface area (TPSA) is 82.5 Å². The molecule has 3 heterocycles. The maximum absolute atomic E-state index is 13.5. The highest BCUT2D eigenvalue weighted by Gasteiger charge is 2.48. The standard InChI is InChI=1S/C28H27Cl2N3O5S/c1-31-10-12-32(13-11-31)16-6-8-17(9-7-16)33-23(20-5-4-14-39-20)21(25(35)28(33)36)24(34)18-15-19(29)27(38-3)22(30)26(18)37-2/h4-9,14-15,23,34H,10-13H2,1-3H3/b24-21-. The number of ketones is 1. The van der Waals surface area contributed by atoms with Crippen LogP contribution in [-0.2, 0) is 9.59 Å². The summed E-state index contributed by atoms with van der Waals surface area (Å²) in [6, 6.07) is 11.8. The van der Waals surface area contributed by atoms with E-state index >= 15 is 0 Å². The number of thiophene rings is 1. The number of anilines is 2. The summed E-state index contributed by atoms with van der Waals surface area (Å²) in [5.74, 6) is -1.76. The van der Waals surface area contributed by atoms with Crippen molar-refractivity contribution in [2.45, 2.75) is 6.04 Å². The molecule has 2 aliphatic heterocycles. The summed E-state index contributed by atoms with van der Waals surface area (Å²) in [7, 11) is 4.89. The van der Waals surface area contributed by atoms with Crippen molar-refractivity contribution in [2.75, 3.05) is 57.2 Å². The molecule has 2 aliphatic rings. The van der Waals surface area contributed by atoms with Crippen molar-refractivity contribution >= 4 is 63.4 Å². The van der Waals surface area contributed by atoms with Gasteiger partial charge in [-0.25, -0.2) is 0 Å². The third kappa shape index (κ3) is 4.84. The van der Waals surface area contributed by atoms with Crippen LogP contribution in [0.4, 0.5) is 11.4 Å². The second-order valence-corrected chi connectivity index (χ2v) is 11.0. The number of Topliss-reactive ketones (excluding diaryl/α,β-unsaturated/α-hetero) is 1. The van der Waals surface area contributed by atoms with Gasteiger partial charge in [0.2, 0.25) is 0 Å². The molecule has 11 heteroatoms. The quantitative estimate of drug-likeness (QED) is 0.233. The van der Waals surface area contributed by atoms with Crippen LogP contribution in [0.1, 0.15) is 16.5 Å². The lowest BCUT2D eigenvalue weighted by atomic mass is 9.99. The minimum Gasteiger partial charge on any atom is -0.507 e. The van der Waals surface area contributed by atoms with Crippen molar-refractivity contribution in [1.82, 2.24) is 4.90 Å². The minimum absolute atomic E-state index is 0.0375. The third-order valence-corrected chi connectivity index (χ3v) is 8.60. The minimum atomic E-state index is -0.858. The number of aliphatic hydroxyl groups excluding tert-OH is 1. The van der Waals surface area contributed by atoms with Gasteiger partial charge >= 0.3 is 0 Å². The number of halogens is 2. The highest BCUT2D eigenvalue weighted by Crippen LogP contribution is 2.48. The molecule has 0 spiro atoms. The van der Waals surface area contributed by atoms with Crippen LogP contribution in [0.2, 0.25) is 10.0 Å². The van der Waals surface area contributed by atoms with Crippen LogP contribution in [0.3, 0.4) is 0 Å². The van der Waals surface area contributed by atoms with E-state index in [1.807, 2.05) is 41.8 Å². The fourth-order valence-electron chi connectivity index (χ4n) is 5.00. The Labute approximate surface area is 240 Å². The monoisotopic (exact) mass is 587 g/mol. The fourth-order valence-corrected chi connectivity index (χ4v) is 6.51. The number of carbonyl (C=O) groups excluding carboxylic acids is 2. The van der Waals surface area contributed by atoms with Crippen molar-refractivity contribution in [3.05, 3.63) is 73.9 Å². The summed E-state index contributed by atoms with van der Waals surface area (Å²) in [5.41, 5.74) is 1.59. The molecule has 2 saturated heterocycles. The number of carbonyl (C=O) groups is 2. The van der Waals surface area contributed by atoms with E-state index in [-0.39, 0.29) is 32.7 Å². The third-order valence-electron chi connectivity index (χ3n) is 7.05. The van der Waals surface area contributed by atoms with Gasteiger partial charge in [0.1, 0.15) is 16.8 Å². The van der Waals surface area contributed by atoms with Gasteiger partial charge in [-0.3, -0.25) is 14.5 Å². The van der Waals surface area contributed by atoms with E-state index in [2.05, 4.69) is 16.8 Å². The van der Waals surface area contributed by atoms with Crippen molar-refractivity contribution in [2.24, 2.45) is 0 Å². The normalized spacial score (nSPS) is 19.6. The maximum atomic E-state index is 13.5. The number of likely N-dealkylation sites (N-methyl/N-ethyl adjacent to an activating group) is 1. The Morgan fingerprint density at radius 3 is 2.21 bits per heavy atom. The molecule has 0 aliphatic carbocycles. The number of aliphatic hydroxyl groups is 1. The Kier molecular flexibility index (Phi) is 7.77. The average Bonchev–Trinajstić information content (AvgIpc) is 3.55. The average molecular weight is 589 g/mol. The maximum Gasteiger partial charge on any atom is 0.300 e. The first-order valence-electron chi connectivity index (χ1n) is 12.2. The lowest BCUT2D eigenvalue weighted by Crippen LogP contribution is -2.44. The SMILES string of the molecule is COc1c(Cl)cc(/C(O)=C2/C(=O)C(=O)N(c3ccc(N4CCN(C)CC4)cc3)C2c2cccs2)c(OC)c1Cl. The summed E-state index contributed by atoms with van der Waals surface area (Å²) in [6.45, 7) is 3.75. The zero-order valence-electron chi connectivity index (χ0n) is 21.6. The lowest BCUT2D eigenvalue weighted by Gasteiger charge is -2.34. The fraction of sp³-hybridized carbons (Fsp3) is 0.286. The van der Waals surface area contributed by atoms with E-state index in [9.17, 15) is 14.7 Å². The van der Waals surface area contributed by atoms with E-state index in [0.717, 1.165) is 31.9 Å². The smallest absolute Gasteiger partial charge is 0.300 e. The molecule has 0 bridgehead atoms. The zero-order valence-corrected chi connectivity index (χ0v) is 23.9. The first-order valence-corrected chi connectivity index (χ1v) is 13.9. The molecule has 39 heavy (non-hydrogen) atoms. The number of piperazine rings is 1. The second-order valence-electron chi connectivity index (χ2n) is 9.28. The van der Waals surface area contributed by atoms with Crippen LogP contribution in [0.25, 0.3) is 5.76 Å². The summed E-state index contributed by atoms with van der Waals surface area (Å²) in [6.07, 6.45) is 0. The van der Waals surface area contributed by atoms with Crippen molar-refractivity contribution in [3.8, 4) is 11.5 Å².